The normalized spacial score (nSPS) is 12.9. The minimum atomic E-state index is -0.998. The van der Waals surface area contributed by atoms with E-state index in [1.807, 2.05) is 24.3 Å². The average Bonchev–Trinajstić information content (AvgIpc) is 2.72. The van der Waals surface area contributed by atoms with Gasteiger partial charge in [-0.25, -0.2) is 4.79 Å². The summed E-state index contributed by atoms with van der Waals surface area (Å²) in [6.45, 7) is 5.63. The number of rotatable bonds is 8. The quantitative estimate of drug-likeness (QED) is 0.302. The van der Waals surface area contributed by atoms with Gasteiger partial charge in [-0.15, -0.1) is 0 Å². The molecular weight excluding hydrogens is 372 g/mol. The Hall–Kier alpha value is -3.48. The van der Waals surface area contributed by atoms with Crippen molar-refractivity contribution in [2.24, 2.45) is 0 Å². The molecule has 152 valence electrons. The zero-order chi connectivity index (χ0) is 21.4. The third-order valence-corrected chi connectivity index (χ3v) is 4.52. The van der Waals surface area contributed by atoms with Gasteiger partial charge in [0, 0.05) is 23.9 Å². The molecule has 2 rings (SSSR count). The molecule has 0 aromatic heterocycles. The van der Waals surface area contributed by atoms with E-state index in [0.717, 1.165) is 18.1 Å². The molecule has 0 aliphatic carbocycles. The van der Waals surface area contributed by atoms with Crippen LogP contribution >= 0.6 is 0 Å². The molecule has 2 atom stereocenters. The zero-order valence-electron chi connectivity index (χ0n) is 16.6. The lowest BCUT2D eigenvalue weighted by molar-refractivity contribution is -0.384. The largest absolute Gasteiger partial charge is 0.449 e. The molecule has 29 heavy (non-hydrogen) atoms. The highest BCUT2D eigenvalue weighted by molar-refractivity contribution is 5.97. The molecule has 7 nitrogen and oxygen atoms in total. The van der Waals surface area contributed by atoms with Crippen molar-refractivity contribution in [3.8, 4) is 0 Å². The Bertz CT molecular complexity index is 923. The van der Waals surface area contributed by atoms with Crippen LogP contribution in [-0.4, -0.2) is 22.9 Å². The fourth-order valence-corrected chi connectivity index (χ4v) is 2.67. The van der Waals surface area contributed by atoms with E-state index >= 15 is 0 Å². The number of nitrogens with zero attached hydrogens (tertiary/aromatic N) is 1. The standard InChI is InChI=1S/C22H24N2O5/c1-4-15(2)19-10-5-6-11-20(19)23-22(26)16(3)29-21(25)13-12-17-8-7-9-18(14-17)24(27)28/h5-16H,4H2,1-3H3,(H,23,26)/b13-12+/t15-,16+/m0/s1. The summed E-state index contributed by atoms with van der Waals surface area (Å²) in [6, 6.07) is 13.4. The number of carbonyl (C=O) groups is 2. The van der Waals surface area contributed by atoms with Crippen molar-refractivity contribution in [3.63, 3.8) is 0 Å². The van der Waals surface area contributed by atoms with Crippen LogP contribution in [0.4, 0.5) is 11.4 Å². The Morgan fingerprint density at radius 1 is 1.17 bits per heavy atom. The molecule has 1 amide bonds. The molecule has 0 fully saturated rings. The number of nitro groups is 1. The molecule has 0 heterocycles. The molecule has 0 saturated carbocycles. The van der Waals surface area contributed by atoms with Crippen LogP contribution in [0, 0.1) is 10.1 Å². The Balaban J connectivity index is 1.98. The number of hydrogen-bond donors (Lipinski definition) is 1. The van der Waals surface area contributed by atoms with Crippen LogP contribution in [0.15, 0.2) is 54.6 Å². The second-order valence-electron chi connectivity index (χ2n) is 6.65. The lowest BCUT2D eigenvalue weighted by Crippen LogP contribution is -2.29. The fourth-order valence-electron chi connectivity index (χ4n) is 2.67. The smallest absolute Gasteiger partial charge is 0.331 e. The van der Waals surface area contributed by atoms with E-state index in [-0.39, 0.29) is 11.6 Å². The second-order valence-corrected chi connectivity index (χ2v) is 6.65. The average molecular weight is 396 g/mol. The van der Waals surface area contributed by atoms with Crippen molar-refractivity contribution in [3.05, 3.63) is 75.8 Å². The van der Waals surface area contributed by atoms with Gasteiger partial charge in [0.15, 0.2) is 6.10 Å². The van der Waals surface area contributed by atoms with Crippen molar-refractivity contribution in [1.29, 1.82) is 0 Å². The van der Waals surface area contributed by atoms with E-state index < -0.39 is 22.9 Å². The predicted octanol–water partition coefficient (Wildman–Crippen LogP) is 4.69. The maximum Gasteiger partial charge on any atom is 0.331 e. The number of nitrogens with one attached hydrogen (secondary N) is 1. The van der Waals surface area contributed by atoms with Gasteiger partial charge in [-0.2, -0.15) is 0 Å². The Morgan fingerprint density at radius 3 is 2.59 bits per heavy atom. The van der Waals surface area contributed by atoms with Crippen LogP contribution in [0.2, 0.25) is 0 Å². The minimum Gasteiger partial charge on any atom is -0.449 e. The first kappa shape index (κ1) is 21.8. The van der Waals surface area contributed by atoms with Gasteiger partial charge in [0.2, 0.25) is 0 Å². The van der Waals surface area contributed by atoms with Crippen LogP contribution in [0.25, 0.3) is 6.08 Å². The first-order chi connectivity index (χ1) is 13.8. The van der Waals surface area contributed by atoms with Gasteiger partial charge in [-0.1, -0.05) is 44.2 Å². The second kappa shape index (κ2) is 10.2. The highest BCUT2D eigenvalue weighted by Crippen LogP contribution is 2.26. The number of carbonyl (C=O) groups excluding carboxylic acids is 2. The van der Waals surface area contributed by atoms with E-state index in [1.165, 1.54) is 31.2 Å². The Kier molecular flexibility index (Phi) is 7.65. The molecule has 0 saturated heterocycles. The topological polar surface area (TPSA) is 98.5 Å². The van der Waals surface area contributed by atoms with Gasteiger partial charge in [-0.05, 0) is 42.5 Å². The predicted molar refractivity (Wildman–Crippen MR) is 111 cm³/mol. The zero-order valence-corrected chi connectivity index (χ0v) is 16.6. The molecule has 2 aromatic carbocycles. The molecule has 0 aliphatic heterocycles. The van der Waals surface area contributed by atoms with Crippen LogP contribution in [0.1, 0.15) is 44.2 Å². The Labute approximate surface area is 169 Å². The number of para-hydroxylation sites is 1. The number of nitro benzene ring substituents is 1. The van der Waals surface area contributed by atoms with Crippen LogP contribution in [0.5, 0.6) is 0 Å². The molecule has 1 N–H and O–H groups in total. The molecule has 0 unspecified atom stereocenters. The van der Waals surface area contributed by atoms with Crippen LogP contribution < -0.4 is 5.32 Å². The van der Waals surface area contributed by atoms with E-state index in [0.29, 0.717) is 11.3 Å². The number of non-ortho nitro benzene ring substituents is 1. The number of esters is 1. The molecule has 0 bridgehead atoms. The summed E-state index contributed by atoms with van der Waals surface area (Å²) in [4.78, 5) is 34.7. The summed E-state index contributed by atoms with van der Waals surface area (Å²) in [7, 11) is 0. The first-order valence-corrected chi connectivity index (χ1v) is 9.34. The van der Waals surface area contributed by atoms with E-state index in [2.05, 4.69) is 19.2 Å². The number of benzene rings is 2. The molecular formula is C22H24N2O5. The minimum absolute atomic E-state index is 0.0757. The van der Waals surface area contributed by atoms with Crippen molar-refractivity contribution in [2.45, 2.75) is 39.2 Å². The van der Waals surface area contributed by atoms with Crippen molar-refractivity contribution >= 4 is 29.3 Å². The van der Waals surface area contributed by atoms with Gasteiger partial charge in [0.1, 0.15) is 0 Å². The molecule has 7 heteroatoms. The van der Waals surface area contributed by atoms with Gasteiger partial charge >= 0.3 is 5.97 Å². The van der Waals surface area contributed by atoms with Gasteiger partial charge in [0.25, 0.3) is 11.6 Å². The molecule has 0 spiro atoms. The molecule has 0 radical (unpaired) electrons. The summed E-state index contributed by atoms with van der Waals surface area (Å²) >= 11 is 0. The first-order valence-electron chi connectivity index (χ1n) is 9.34. The number of ether oxygens (including phenoxy) is 1. The lowest BCUT2D eigenvalue weighted by atomic mass is 9.97. The summed E-state index contributed by atoms with van der Waals surface area (Å²) in [5, 5.41) is 13.6. The highest BCUT2D eigenvalue weighted by atomic mass is 16.6. The number of amides is 1. The van der Waals surface area contributed by atoms with Gasteiger partial charge in [0.05, 0.1) is 4.92 Å². The monoisotopic (exact) mass is 396 g/mol. The third-order valence-electron chi connectivity index (χ3n) is 4.52. The van der Waals surface area contributed by atoms with Crippen molar-refractivity contribution in [2.75, 3.05) is 5.32 Å². The van der Waals surface area contributed by atoms with E-state index in [1.54, 1.807) is 6.07 Å². The summed E-state index contributed by atoms with van der Waals surface area (Å²) in [5.74, 6) is -0.866. The lowest BCUT2D eigenvalue weighted by Gasteiger charge is -2.17. The van der Waals surface area contributed by atoms with E-state index in [4.69, 9.17) is 4.74 Å². The summed E-state index contributed by atoms with van der Waals surface area (Å²) in [5.41, 5.74) is 2.12. The van der Waals surface area contributed by atoms with Crippen LogP contribution in [-0.2, 0) is 14.3 Å². The highest BCUT2D eigenvalue weighted by Gasteiger charge is 2.19. The van der Waals surface area contributed by atoms with Crippen molar-refractivity contribution in [1.82, 2.24) is 0 Å². The molecule has 2 aromatic rings. The van der Waals surface area contributed by atoms with Gasteiger partial charge < -0.3 is 10.1 Å². The summed E-state index contributed by atoms with van der Waals surface area (Å²) < 4.78 is 5.14. The fraction of sp³-hybridized carbons (Fsp3) is 0.273. The third kappa shape index (κ3) is 6.27. The maximum absolute atomic E-state index is 12.4. The van der Waals surface area contributed by atoms with E-state index in [9.17, 15) is 19.7 Å². The summed E-state index contributed by atoms with van der Waals surface area (Å²) in [6.07, 6.45) is 2.47. The van der Waals surface area contributed by atoms with Gasteiger partial charge in [-0.3, -0.25) is 14.9 Å². The number of anilines is 1. The molecule has 0 aliphatic rings. The van der Waals surface area contributed by atoms with Crippen molar-refractivity contribution < 1.29 is 19.2 Å². The van der Waals surface area contributed by atoms with Crippen LogP contribution in [0.3, 0.4) is 0 Å². The maximum atomic E-state index is 12.4. The Morgan fingerprint density at radius 2 is 1.90 bits per heavy atom. The number of hydrogen-bond acceptors (Lipinski definition) is 5. The SMILES string of the molecule is CC[C@H](C)c1ccccc1NC(=O)[C@@H](C)OC(=O)/C=C/c1cccc([N+](=O)[O-])c1.